The van der Waals surface area contributed by atoms with E-state index in [1.54, 1.807) is 19.1 Å². The van der Waals surface area contributed by atoms with E-state index >= 15 is 0 Å². The summed E-state index contributed by atoms with van der Waals surface area (Å²) in [7, 11) is 0. The van der Waals surface area contributed by atoms with Crippen LogP contribution in [0.1, 0.15) is 6.92 Å². The SMILES string of the molecule is CCOC(=O)COc1cccc2c1ccc1c(-c3ccccc3)cc(=O)oc12. The minimum atomic E-state index is -0.432. The van der Waals surface area contributed by atoms with Crippen molar-refractivity contribution >= 4 is 27.7 Å². The normalized spacial score (nSPS) is 10.9. The minimum Gasteiger partial charge on any atom is -0.481 e. The van der Waals surface area contributed by atoms with Crippen LogP contribution in [0.5, 0.6) is 5.75 Å². The molecule has 0 fully saturated rings. The Hall–Kier alpha value is -3.60. The first kappa shape index (κ1) is 17.8. The van der Waals surface area contributed by atoms with Crippen molar-refractivity contribution in [2.75, 3.05) is 13.2 Å². The van der Waals surface area contributed by atoms with Crippen molar-refractivity contribution in [3.8, 4) is 16.9 Å². The first-order valence-corrected chi connectivity index (χ1v) is 9.01. The van der Waals surface area contributed by atoms with Gasteiger partial charge in [-0.25, -0.2) is 9.59 Å². The Morgan fingerprint density at radius 2 is 1.71 bits per heavy atom. The van der Waals surface area contributed by atoms with Gasteiger partial charge in [-0.05, 0) is 36.2 Å². The molecular formula is C23H18O5. The molecule has 0 amide bonds. The molecule has 4 rings (SSSR count). The van der Waals surface area contributed by atoms with Crippen molar-refractivity contribution in [3.05, 3.63) is 77.2 Å². The molecule has 28 heavy (non-hydrogen) atoms. The zero-order valence-electron chi connectivity index (χ0n) is 15.3. The van der Waals surface area contributed by atoms with E-state index in [0.717, 1.165) is 27.3 Å². The maximum Gasteiger partial charge on any atom is 0.344 e. The monoisotopic (exact) mass is 374 g/mol. The second-order valence-electron chi connectivity index (χ2n) is 6.23. The fourth-order valence-electron chi connectivity index (χ4n) is 3.27. The number of carbonyl (C=O) groups excluding carboxylic acids is 1. The molecule has 0 bridgehead atoms. The molecule has 0 spiro atoms. The Morgan fingerprint density at radius 3 is 2.50 bits per heavy atom. The first-order valence-electron chi connectivity index (χ1n) is 9.01. The Kier molecular flexibility index (Phi) is 4.81. The van der Waals surface area contributed by atoms with E-state index in [2.05, 4.69) is 0 Å². The summed E-state index contributed by atoms with van der Waals surface area (Å²) in [5.74, 6) is 0.0957. The third kappa shape index (κ3) is 3.34. The molecular weight excluding hydrogens is 356 g/mol. The molecule has 0 aliphatic heterocycles. The van der Waals surface area contributed by atoms with Gasteiger partial charge in [-0.3, -0.25) is 0 Å². The highest BCUT2D eigenvalue weighted by molar-refractivity contribution is 6.10. The number of fused-ring (bicyclic) bond motifs is 3. The zero-order chi connectivity index (χ0) is 19.5. The molecule has 140 valence electrons. The van der Waals surface area contributed by atoms with Gasteiger partial charge in [0.05, 0.1) is 6.61 Å². The molecule has 0 aliphatic carbocycles. The smallest absolute Gasteiger partial charge is 0.344 e. The van der Waals surface area contributed by atoms with Crippen molar-refractivity contribution in [2.24, 2.45) is 0 Å². The van der Waals surface area contributed by atoms with Crippen molar-refractivity contribution in [1.82, 2.24) is 0 Å². The summed E-state index contributed by atoms with van der Waals surface area (Å²) in [5.41, 5.74) is 1.82. The van der Waals surface area contributed by atoms with E-state index < -0.39 is 11.6 Å². The van der Waals surface area contributed by atoms with E-state index in [-0.39, 0.29) is 6.61 Å². The van der Waals surface area contributed by atoms with Crippen LogP contribution in [0.2, 0.25) is 0 Å². The van der Waals surface area contributed by atoms with E-state index in [4.69, 9.17) is 13.9 Å². The van der Waals surface area contributed by atoms with Crippen LogP contribution in [0.15, 0.2) is 75.9 Å². The Bertz CT molecular complexity index is 1210. The third-order valence-electron chi connectivity index (χ3n) is 4.46. The molecule has 1 aromatic heterocycles. The number of ether oxygens (including phenoxy) is 2. The van der Waals surface area contributed by atoms with Crippen molar-refractivity contribution in [1.29, 1.82) is 0 Å². The summed E-state index contributed by atoms with van der Waals surface area (Å²) in [6.45, 7) is 1.86. The van der Waals surface area contributed by atoms with Gasteiger partial charge in [0, 0.05) is 22.2 Å². The third-order valence-corrected chi connectivity index (χ3v) is 4.46. The number of benzene rings is 3. The maximum atomic E-state index is 12.2. The molecule has 3 aromatic carbocycles. The molecule has 5 nitrogen and oxygen atoms in total. The van der Waals surface area contributed by atoms with Crippen molar-refractivity contribution < 1.29 is 18.7 Å². The van der Waals surface area contributed by atoms with E-state index in [1.165, 1.54) is 6.07 Å². The highest BCUT2D eigenvalue weighted by Crippen LogP contribution is 2.35. The van der Waals surface area contributed by atoms with Crippen LogP contribution in [0.3, 0.4) is 0 Å². The van der Waals surface area contributed by atoms with Gasteiger partial charge >= 0.3 is 11.6 Å². The van der Waals surface area contributed by atoms with Crippen LogP contribution in [0.4, 0.5) is 0 Å². The van der Waals surface area contributed by atoms with Gasteiger partial charge in [0.2, 0.25) is 0 Å². The lowest BCUT2D eigenvalue weighted by molar-refractivity contribution is -0.145. The second-order valence-corrected chi connectivity index (χ2v) is 6.23. The zero-order valence-corrected chi connectivity index (χ0v) is 15.3. The summed E-state index contributed by atoms with van der Waals surface area (Å²) in [6, 6.07) is 20.5. The van der Waals surface area contributed by atoms with E-state index in [9.17, 15) is 9.59 Å². The standard InChI is InChI=1S/C23H18O5/c1-2-26-22(25)14-27-20-10-6-9-17-16(20)11-12-18-19(13-21(24)28-23(17)18)15-7-4-3-5-8-15/h3-13H,2,14H2,1H3. The van der Waals surface area contributed by atoms with Gasteiger partial charge in [-0.1, -0.05) is 42.5 Å². The Balaban J connectivity index is 1.86. The molecule has 1 heterocycles. The number of hydrogen-bond acceptors (Lipinski definition) is 5. The average Bonchev–Trinajstić information content (AvgIpc) is 2.72. The minimum absolute atomic E-state index is 0.182. The lowest BCUT2D eigenvalue weighted by Gasteiger charge is -2.11. The van der Waals surface area contributed by atoms with Gasteiger partial charge in [-0.15, -0.1) is 0 Å². The van der Waals surface area contributed by atoms with Gasteiger partial charge in [0.1, 0.15) is 11.3 Å². The number of hydrogen-bond donors (Lipinski definition) is 0. The molecule has 5 heteroatoms. The fraction of sp³-hybridized carbons (Fsp3) is 0.130. The predicted molar refractivity (Wildman–Crippen MR) is 108 cm³/mol. The molecule has 4 aromatic rings. The Labute approximate surface area is 161 Å². The second kappa shape index (κ2) is 7.56. The van der Waals surface area contributed by atoms with E-state index in [1.807, 2.05) is 48.5 Å². The fourth-order valence-corrected chi connectivity index (χ4v) is 3.27. The van der Waals surface area contributed by atoms with Gasteiger partial charge in [0.25, 0.3) is 0 Å². The summed E-state index contributed by atoms with van der Waals surface area (Å²) < 4.78 is 16.1. The summed E-state index contributed by atoms with van der Waals surface area (Å²) >= 11 is 0. The topological polar surface area (TPSA) is 65.7 Å². The van der Waals surface area contributed by atoms with Crippen LogP contribution < -0.4 is 10.4 Å². The largest absolute Gasteiger partial charge is 0.481 e. The summed E-state index contributed by atoms with van der Waals surface area (Å²) in [5, 5.41) is 2.34. The van der Waals surface area contributed by atoms with Gasteiger partial charge in [0.15, 0.2) is 6.61 Å². The Morgan fingerprint density at radius 1 is 0.929 bits per heavy atom. The lowest BCUT2D eigenvalue weighted by Crippen LogP contribution is -2.14. The molecule has 0 unspecified atom stereocenters. The van der Waals surface area contributed by atoms with Crippen LogP contribution in [0.25, 0.3) is 32.9 Å². The average molecular weight is 374 g/mol. The maximum absolute atomic E-state index is 12.2. The molecule has 0 saturated carbocycles. The number of carbonyl (C=O) groups is 1. The van der Waals surface area contributed by atoms with Gasteiger partial charge < -0.3 is 13.9 Å². The molecule has 0 saturated heterocycles. The summed E-state index contributed by atoms with van der Waals surface area (Å²) in [4.78, 5) is 23.8. The molecule has 0 N–H and O–H groups in total. The first-order chi connectivity index (χ1) is 13.7. The van der Waals surface area contributed by atoms with Crippen molar-refractivity contribution in [3.63, 3.8) is 0 Å². The quantitative estimate of drug-likeness (QED) is 0.291. The summed E-state index contributed by atoms with van der Waals surface area (Å²) in [6.07, 6.45) is 0. The van der Waals surface area contributed by atoms with Crippen LogP contribution in [0, 0.1) is 0 Å². The van der Waals surface area contributed by atoms with Crippen molar-refractivity contribution in [2.45, 2.75) is 6.92 Å². The number of rotatable bonds is 5. The molecule has 0 aliphatic rings. The van der Waals surface area contributed by atoms with Crippen LogP contribution in [-0.2, 0) is 9.53 Å². The highest BCUT2D eigenvalue weighted by Gasteiger charge is 2.13. The molecule has 0 atom stereocenters. The lowest BCUT2D eigenvalue weighted by atomic mass is 9.99. The highest BCUT2D eigenvalue weighted by atomic mass is 16.6. The van der Waals surface area contributed by atoms with Crippen LogP contribution in [-0.4, -0.2) is 19.2 Å². The predicted octanol–water partition coefficient (Wildman–Crippen LogP) is 4.56. The van der Waals surface area contributed by atoms with Gasteiger partial charge in [-0.2, -0.15) is 0 Å². The van der Waals surface area contributed by atoms with E-state index in [0.29, 0.717) is 17.9 Å². The number of esters is 1. The van der Waals surface area contributed by atoms with Crippen LogP contribution >= 0.6 is 0 Å². The molecule has 0 radical (unpaired) electrons.